The lowest BCUT2D eigenvalue weighted by molar-refractivity contribution is -0.131. The third kappa shape index (κ3) is 4.66. The van der Waals surface area contributed by atoms with Crippen LogP contribution < -0.4 is 0 Å². The van der Waals surface area contributed by atoms with Gasteiger partial charge >= 0.3 is 0 Å². The van der Waals surface area contributed by atoms with Gasteiger partial charge in [0.05, 0.1) is 13.0 Å². The number of hydrogen-bond acceptors (Lipinski definition) is 3. The van der Waals surface area contributed by atoms with Gasteiger partial charge < -0.3 is 9.47 Å². The van der Waals surface area contributed by atoms with Crippen LogP contribution in [0.1, 0.15) is 29.8 Å². The van der Waals surface area contributed by atoms with Crippen LogP contribution in [-0.4, -0.2) is 38.7 Å². The number of carbonyl (C=O) groups is 1. The molecule has 0 aliphatic carbocycles. The summed E-state index contributed by atoms with van der Waals surface area (Å²) in [7, 11) is 0. The number of hydrogen-bond donors (Lipinski definition) is 0. The topological polar surface area (TPSA) is 51.0 Å². The van der Waals surface area contributed by atoms with Gasteiger partial charge in [-0.2, -0.15) is 0 Å². The number of piperidine rings is 1. The highest BCUT2D eigenvalue weighted by atomic mass is 16.2. The number of amides is 1. The average Bonchev–Trinajstić information content (AvgIpc) is 3.16. The van der Waals surface area contributed by atoms with Crippen molar-refractivity contribution in [2.75, 3.05) is 13.1 Å². The van der Waals surface area contributed by atoms with E-state index in [1.165, 1.54) is 5.56 Å². The monoisotopic (exact) mass is 374 g/mol. The fourth-order valence-corrected chi connectivity index (χ4v) is 3.88. The molecule has 0 saturated carbocycles. The molecule has 1 aliphatic rings. The van der Waals surface area contributed by atoms with Crippen LogP contribution in [0.3, 0.4) is 0 Å². The molecular weight excluding hydrogens is 348 g/mol. The molecular formula is C23H26N4O. The summed E-state index contributed by atoms with van der Waals surface area (Å²) in [5.41, 5.74) is 2.34. The standard InChI is InChI=1S/C23H26N4O/c28-23(16-19-7-3-1-4-8-19)26-13-11-20(12-14-26)15-22-25-24-18-27(22)17-21-9-5-2-6-10-21/h1-10,18,20H,11-17H2. The molecule has 3 aromatic rings. The van der Waals surface area contributed by atoms with E-state index in [4.69, 9.17) is 0 Å². The Morgan fingerprint density at radius 3 is 2.25 bits per heavy atom. The largest absolute Gasteiger partial charge is 0.342 e. The summed E-state index contributed by atoms with van der Waals surface area (Å²) < 4.78 is 2.14. The Bertz CT molecular complexity index is 883. The van der Waals surface area contributed by atoms with Crippen molar-refractivity contribution in [2.24, 2.45) is 5.92 Å². The average molecular weight is 374 g/mol. The van der Waals surface area contributed by atoms with Crippen molar-refractivity contribution in [3.05, 3.63) is 83.9 Å². The molecule has 28 heavy (non-hydrogen) atoms. The number of rotatable bonds is 6. The van der Waals surface area contributed by atoms with E-state index < -0.39 is 0 Å². The van der Waals surface area contributed by atoms with Gasteiger partial charge in [0.15, 0.2) is 0 Å². The first kappa shape index (κ1) is 18.4. The van der Waals surface area contributed by atoms with Gasteiger partial charge in [-0.15, -0.1) is 10.2 Å². The Kier molecular flexibility index (Phi) is 5.80. The Morgan fingerprint density at radius 2 is 1.57 bits per heavy atom. The number of nitrogens with zero attached hydrogens (tertiary/aromatic N) is 4. The lowest BCUT2D eigenvalue weighted by atomic mass is 9.93. The molecule has 0 atom stereocenters. The molecule has 1 fully saturated rings. The molecule has 0 radical (unpaired) electrons. The third-order valence-corrected chi connectivity index (χ3v) is 5.53. The second-order valence-electron chi connectivity index (χ2n) is 7.55. The van der Waals surface area contributed by atoms with Gasteiger partial charge in [0.25, 0.3) is 0 Å². The van der Waals surface area contributed by atoms with E-state index in [1.54, 1.807) is 0 Å². The zero-order chi connectivity index (χ0) is 19.2. The normalized spacial score (nSPS) is 14.9. The van der Waals surface area contributed by atoms with Gasteiger partial charge in [0.2, 0.25) is 5.91 Å². The lowest BCUT2D eigenvalue weighted by Gasteiger charge is -2.32. The van der Waals surface area contributed by atoms with E-state index in [1.807, 2.05) is 47.6 Å². The third-order valence-electron chi connectivity index (χ3n) is 5.53. The summed E-state index contributed by atoms with van der Waals surface area (Å²) in [6, 6.07) is 20.4. The van der Waals surface area contributed by atoms with E-state index in [9.17, 15) is 4.79 Å². The Morgan fingerprint density at radius 1 is 0.929 bits per heavy atom. The summed E-state index contributed by atoms with van der Waals surface area (Å²) in [6.45, 7) is 2.48. The van der Waals surface area contributed by atoms with Crippen molar-refractivity contribution in [3.8, 4) is 0 Å². The summed E-state index contributed by atoms with van der Waals surface area (Å²) in [5.74, 6) is 1.83. The van der Waals surface area contributed by atoms with E-state index in [-0.39, 0.29) is 5.91 Å². The molecule has 2 aromatic carbocycles. The minimum absolute atomic E-state index is 0.233. The van der Waals surface area contributed by atoms with Crippen molar-refractivity contribution in [2.45, 2.75) is 32.2 Å². The summed E-state index contributed by atoms with van der Waals surface area (Å²) in [4.78, 5) is 14.6. The predicted molar refractivity (Wildman–Crippen MR) is 109 cm³/mol. The fourth-order valence-electron chi connectivity index (χ4n) is 3.88. The molecule has 0 bridgehead atoms. The SMILES string of the molecule is O=C(Cc1ccccc1)N1CCC(Cc2nncn2Cc2ccccc2)CC1. The lowest BCUT2D eigenvalue weighted by Crippen LogP contribution is -2.39. The quantitative estimate of drug-likeness (QED) is 0.665. The van der Waals surface area contributed by atoms with Crippen molar-refractivity contribution in [3.63, 3.8) is 0 Å². The molecule has 5 heteroatoms. The maximum atomic E-state index is 12.5. The predicted octanol–water partition coefficient (Wildman–Crippen LogP) is 3.35. The molecule has 4 rings (SSSR count). The molecule has 1 aliphatic heterocycles. The summed E-state index contributed by atoms with van der Waals surface area (Å²) in [5, 5.41) is 8.47. The summed E-state index contributed by atoms with van der Waals surface area (Å²) >= 11 is 0. The van der Waals surface area contributed by atoms with Crippen LogP contribution in [-0.2, 0) is 24.2 Å². The number of carbonyl (C=O) groups excluding carboxylic acids is 1. The molecule has 1 aromatic heterocycles. The highest BCUT2D eigenvalue weighted by Crippen LogP contribution is 2.22. The van der Waals surface area contributed by atoms with E-state index in [0.29, 0.717) is 12.3 Å². The summed E-state index contributed by atoms with van der Waals surface area (Å²) in [6.07, 6.45) is 5.29. The zero-order valence-electron chi connectivity index (χ0n) is 16.1. The van der Waals surface area contributed by atoms with Crippen molar-refractivity contribution >= 4 is 5.91 Å². The first-order chi connectivity index (χ1) is 13.8. The number of benzene rings is 2. The second kappa shape index (κ2) is 8.83. The molecule has 0 N–H and O–H groups in total. The highest BCUT2D eigenvalue weighted by molar-refractivity contribution is 5.78. The van der Waals surface area contributed by atoms with Gasteiger partial charge in [-0.05, 0) is 29.9 Å². The van der Waals surface area contributed by atoms with Crippen molar-refractivity contribution in [1.29, 1.82) is 0 Å². The Hall–Kier alpha value is -2.95. The van der Waals surface area contributed by atoms with Crippen LogP contribution >= 0.6 is 0 Å². The maximum absolute atomic E-state index is 12.5. The smallest absolute Gasteiger partial charge is 0.226 e. The Labute approximate surface area is 166 Å². The second-order valence-corrected chi connectivity index (χ2v) is 7.55. The molecule has 0 unspecified atom stereocenters. The minimum atomic E-state index is 0.233. The molecule has 1 saturated heterocycles. The van der Waals surface area contributed by atoms with Crippen LogP contribution in [0.2, 0.25) is 0 Å². The Balaban J connectivity index is 1.29. The van der Waals surface area contributed by atoms with Crippen LogP contribution in [0.15, 0.2) is 67.0 Å². The van der Waals surface area contributed by atoms with Crippen LogP contribution in [0.5, 0.6) is 0 Å². The van der Waals surface area contributed by atoms with Gasteiger partial charge in [-0.1, -0.05) is 60.7 Å². The first-order valence-corrected chi connectivity index (χ1v) is 10.0. The van der Waals surface area contributed by atoms with Gasteiger partial charge in [-0.25, -0.2) is 0 Å². The van der Waals surface area contributed by atoms with Gasteiger partial charge in [-0.3, -0.25) is 4.79 Å². The molecule has 5 nitrogen and oxygen atoms in total. The van der Waals surface area contributed by atoms with Crippen molar-refractivity contribution < 1.29 is 4.79 Å². The molecule has 2 heterocycles. The minimum Gasteiger partial charge on any atom is -0.342 e. The first-order valence-electron chi connectivity index (χ1n) is 10.0. The van der Waals surface area contributed by atoms with Crippen LogP contribution in [0, 0.1) is 5.92 Å². The maximum Gasteiger partial charge on any atom is 0.226 e. The van der Waals surface area contributed by atoms with Crippen molar-refractivity contribution in [1.82, 2.24) is 19.7 Å². The van der Waals surface area contributed by atoms with Crippen LogP contribution in [0.4, 0.5) is 0 Å². The van der Waals surface area contributed by atoms with Gasteiger partial charge in [0.1, 0.15) is 12.2 Å². The van der Waals surface area contributed by atoms with Crippen LogP contribution in [0.25, 0.3) is 0 Å². The zero-order valence-corrected chi connectivity index (χ0v) is 16.1. The molecule has 0 spiro atoms. The van der Waals surface area contributed by atoms with E-state index in [2.05, 4.69) is 39.0 Å². The molecule has 144 valence electrons. The fraction of sp³-hybridized carbons (Fsp3) is 0.348. The highest BCUT2D eigenvalue weighted by Gasteiger charge is 2.24. The number of likely N-dealkylation sites (tertiary alicyclic amines) is 1. The molecule has 1 amide bonds. The van der Waals surface area contributed by atoms with E-state index in [0.717, 1.165) is 50.3 Å². The van der Waals surface area contributed by atoms with E-state index >= 15 is 0 Å². The van der Waals surface area contributed by atoms with Gasteiger partial charge in [0, 0.05) is 19.5 Å². The number of aromatic nitrogens is 3.